The topological polar surface area (TPSA) is 80.3 Å². The summed E-state index contributed by atoms with van der Waals surface area (Å²) < 4.78 is 28.0. The number of carbonyl (C=O) groups excluding carboxylic acids is 2. The zero-order valence-corrected chi connectivity index (χ0v) is 18.9. The number of carbonyl (C=O) groups is 2. The third-order valence-corrected chi connectivity index (χ3v) is 6.01. The Bertz CT molecular complexity index is 1340. The molecule has 0 saturated carbocycles. The van der Waals surface area contributed by atoms with Crippen LogP contribution in [-0.4, -0.2) is 33.1 Å². The molecule has 0 amide bonds. The van der Waals surface area contributed by atoms with Crippen LogP contribution in [0, 0.1) is 0 Å². The molecule has 1 atom stereocenters. The van der Waals surface area contributed by atoms with E-state index in [4.69, 9.17) is 23.7 Å². The largest absolute Gasteiger partial charge is 0.496 e. The van der Waals surface area contributed by atoms with Crippen molar-refractivity contribution in [1.82, 2.24) is 0 Å². The highest BCUT2D eigenvalue weighted by molar-refractivity contribution is 6.15. The molecule has 7 nitrogen and oxygen atoms in total. The molecule has 0 aromatic heterocycles. The number of methoxy groups -OCH3 is 3. The number of hydrogen-bond donors (Lipinski definition) is 0. The number of para-hydroxylation sites is 2. The van der Waals surface area contributed by atoms with Gasteiger partial charge in [0, 0.05) is 22.6 Å². The van der Waals surface area contributed by atoms with Gasteiger partial charge in [-0.3, -0.25) is 9.59 Å². The number of fused-ring (bicyclic) bond motifs is 3. The number of benzene rings is 3. The molecule has 3 aromatic rings. The van der Waals surface area contributed by atoms with Crippen LogP contribution in [0.1, 0.15) is 39.4 Å². The molecule has 5 rings (SSSR count). The van der Waals surface area contributed by atoms with E-state index in [-0.39, 0.29) is 29.9 Å². The molecule has 0 aliphatic carbocycles. The number of allylic oxidation sites excluding steroid dienone is 1. The first kappa shape index (κ1) is 21.6. The molecule has 0 unspecified atom stereocenters. The Labute approximate surface area is 196 Å². The van der Waals surface area contributed by atoms with Crippen LogP contribution in [0.4, 0.5) is 0 Å². The summed E-state index contributed by atoms with van der Waals surface area (Å²) in [6.07, 6.45) is 1.73. The third-order valence-electron chi connectivity index (χ3n) is 6.01. The quantitative estimate of drug-likeness (QED) is 0.310. The summed E-state index contributed by atoms with van der Waals surface area (Å²) in [7, 11) is 4.67. The van der Waals surface area contributed by atoms with Crippen LogP contribution in [0.2, 0.25) is 0 Å². The van der Waals surface area contributed by atoms with E-state index in [9.17, 15) is 9.59 Å². The van der Waals surface area contributed by atoms with Gasteiger partial charge in [-0.05, 0) is 30.3 Å². The van der Waals surface area contributed by atoms with Gasteiger partial charge in [0.25, 0.3) is 0 Å². The van der Waals surface area contributed by atoms with Gasteiger partial charge in [-0.2, -0.15) is 0 Å². The molecule has 2 aliphatic rings. The Morgan fingerprint density at radius 3 is 2.38 bits per heavy atom. The summed E-state index contributed by atoms with van der Waals surface area (Å²) in [6.45, 7) is 0. The van der Waals surface area contributed by atoms with Crippen LogP contribution in [0.25, 0.3) is 6.08 Å². The highest BCUT2D eigenvalue weighted by Gasteiger charge is 2.39. The molecule has 0 fully saturated rings. The lowest BCUT2D eigenvalue weighted by Gasteiger charge is -2.27. The van der Waals surface area contributed by atoms with Crippen molar-refractivity contribution in [3.05, 3.63) is 82.6 Å². The van der Waals surface area contributed by atoms with E-state index in [1.165, 1.54) is 7.11 Å². The number of Topliss-reactive ketones (excluding diaryl/α,β-unsaturated/α-hetero) is 1. The zero-order chi connectivity index (χ0) is 23.8. The Hall–Kier alpha value is -4.26. The SMILES string of the molecule is COc1ccccc1[C@H]1CC(=O)Oc2ccc3c(c21)O/C(=C\c1cccc(OC)c1OC)C3=O. The van der Waals surface area contributed by atoms with Crippen molar-refractivity contribution in [3.63, 3.8) is 0 Å². The maximum absolute atomic E-state index is 13.3. The minimum atomic E-state index is -0.388. The van der Waals surface area contributed by atoms with Gasteiger partial charge < -0.3 is 23.7 Å². The molecule has 0 N–H and O–H groups in total. The lowest BCUT2D eigenvalue weighted by atomic mass is 9.84. The summed E-state index contributed by atoms with van der Waals surface area (Å²) in [5, 5.41) is 0. The second-order valence-corrected chi connectivity index (χ2v) is 7.85. The number of rotatable bonds is 5. The van der Waals surface area contributed by atoms with Gasteiger partial charge in [0.1, 0.15) is 17.2 Å². The maximum Gasteiger partial charge on any atom is 0.312 e. The minimum absolute atomic E-state index is 0.101. The summed E-state index contributed by atoms with van der Waals surface area (Å²) >= 11 is 0. The van der Waals surface area contributed by atoms with Gasteiger partial charge in [-0.25, -0.2) is 0 Å². The predicted molar refractivity (Wildman–Crippen MR) is 124 cm³/mol. The van der Waals surface area contributed by atoms with Crippen molar-refractivity contribution >= 4 is 17.8 Å². The average molecular weight is 458 g/mol. The maximum atomic E-state index is 13.3. The van der Waals surface area contributed by atoms with Gasteiger partial charge in [-0.1, -0.05) is 30.3 Å². The lowest BCUT2D eigenvalue weighted by molar-refractivity contribution is -0.135. The van der Waals surface area contributed by atoms with E-state index < -0.39 is 0 Å². The van der Waals surface area contributed by atoms with E-state index >= 15 is 0 Å². The fourth-order valence-corrected chi connectivity index (χ4v) is 4.49. The van der Waals surface area contributed by atoms with E-state index in [0.717, 1.165) is 5.56 Å². The van der Waals surface area contributed by atoms with Crippen molar-refractivity contribution < 1.29 is 33.3 Å². The molecule has 2 aliphatic heterocycles. The van der Waals surface area contributed by atoms with Crippen molar-refractivity contribution in [3.8, 4) is 28.7 Å². The fraction of sp³-hybridized carbons (Fsp3) is 0.185. The Kier molecular flexibility index (Phi) is 5.45. The highest BCUT2D eigenvalue weighted by atomic mass is 16.5. The first-order valence-electron chi connectivity index (χ1n) is 10.7. The third kappa shape index (κ3) is 3.46. The van der Waals surface area contributed by atoms with Crippen LogP contribution < -0.4 is 23.7 Å². The molecule has 0 radical (unpaired) electrons. The fourth-order valence-electron chi connectivity index (χ4n) is 4.49. The van der Waals surface area contributed by atoms with Crippen LogP contribution in [0.15, 0.2) is 60.4 Å². The van der Waals surface area contributed by atoms with Gasteiger partial charge in [0.15, 0.2) is 17.3 Å². The molecule has 0 bridgehead atoms. The first-order chi connectivity index (χ1) is 16.5. The standard InChI is InChI=1S/C27H22O7/c1-30-19-9-5-4-8-16(19)18-14-23(28)33-20-12-11-17-25(29)22(34-27(17)24(18)20)13-15-7-6-10-21(31-2)26(15)32-3/h4-13,18H,14H2,1-3H3/b22-13-/t18-/m1/s1. The van der Waals surface area contributed by atoms with Gasteiger partial charge in [0.2, 0.25) is 5.78 Å². The minimum Gasteiger partial charge on any atom is -0.496 e. The molecule has 2 heterocycles. The highest BCUT2D eigenvalue weighted by Crippen LogP contribution is 2.50. The zero-order valence-electron chi connectivity index (χ0n) is 18.9. The predicted octanol–water partition coefficient (Wildman–Crippen LogP) is 4.77. The molecule has 0 saturated heterocycles. The molecular formula is C27H22O7. The summed E-state index contributed by atoms with van der Waals surface area (Å²) in [4.78, 5) is 25.7. The van der Waals surface area contributed by atoms with Crippen LogP contribution in [-0.2, 0) is 4.79 Å². The summed E-state index contributed by atoms with van der Waals surface area (Å²) in [6, 6.07) is 16.1. The number of ketones is 1. The number of hydrogen-bond acceptors (Lipinski definition) is 7. The normalized spacial score (nSPS) is 17.5. The van der Waals surface area contributed by atoms with Crippen LogP contribution in [0.5, 0.6) is 28.7 Å². The van der Waals surface area contributed by atoms with Crippen molar-refractivity contribution in [1.29, 1.82) is 0 Å². The molecule has 34 heavy (non-hydrogen) atoms. The Morgan fingerprint density at radius 1 is 0.853 bits per heavy atom. The summed E-state index contributed by atoms with van der Waals surface area (Å²) in [5.41, 5.74) is 2.51. The first-order valence-corrected chi connectivity index (χ1v) is 10.7. The van der Waals surface area contributed by atoms with Gasteiger partial charge in [0.05, 0.1) is 33.3 Å². The van der Waals surface area contributed by atoms with Crippen LogP contribution >= 0.6 is 0 Å². The molecular weight excluding hydrogens is 436 g/mol. The van der Waals surface area contributed by atoms with Crippen molar-refractivity contribution in [2.75, 3.05) is 21.3 Å². The van der Waals surface area contributed by atoms with E-state index in [2.05, 4.69) is 0 Å². The number of ether oxygens (including phenoxy) is 5. The van der Waals surface area contributed by atoms with Crippen LogP contribution in [0.3, 0.4) is 0 Å². The molecule has 7 heteroatoms. The second kappa shape index (κ2) is 8.59. The van der Waals surface area contributed by atoms with Gasteiger partial charge in [-0.15, -0.1) is 0 Å². The second-order valence-electron chi connectivity index (χ2n) is 7.85. The Balaban J connectivity index is 1.63. The monoisotopic (exact) mass is 458 g/mol. The van der Waals surface area contributed by atoms with E-state index in [1.807, 2.05) is 30.3 Å². The van der Waals surface area contributed by atoms with Crippen molar-refractivity contribution in [2.24, 2.45) is 0 Å². The molecule has 172 valence electrons. The lowest BCUT2D eigenvalue weighted by Crippen LogP contribution is -2.22. The average Bonchev–Trinajstić information content (AvgIpc) is 3.18. The number of esters is 1. The van der Waals surface area contributed by atoms with E-state index in [0.29, 0.717) is 45.4 Å². The molecule has 3 aromatic carbocycles. The molecule has 0 spiro atoms. The summed E-state index contributed by atoms with van der Waals surface area (Å²) in [5.74, 6) is 1.58. The Morgan fingerprint density at radius 2 is 1.62 bits per heavy atom. The van der Waals surface area contributed by atoms with E-state index in [1.54, 1.807) is 44.6 Å². The van der Waals surface area contributed by atoms with Crippen molar-refractivity contribution in [2.45, 2.75) is 12.3 Å². The van der Waals surface area contributed by atoms with Gasteiger partial charge >= 0.3 is 5.97 Å². The smallest absolute Gasteiger partial charge is 0.312 e.